The molecule has 0 radical (unpaired) electrons. The van der Waals surface area contributed by atoms with Crippen LogP contribution in [-0.2, 0) is 16.3 Å². The monoisotopic (exact) mass is 574 g/mol. The van der Waals surface area contributed by atoms with E-state index in [0.29, 0.717) is 57.4 Å². The van der Waals surface area contributed by atoms with Gasteiger partial charge in [0.05, 0.1) is 28.2 Å². The van der Waals surface area contributed by atoms with Crippen molar-refractivity contribution >= 4 is 26.7 Å². The molecule has 0 saturated heterocycles. The smallest absolute Gasteiger partial charge is 0.295 e. The highest BCUT2D eigenvalue weighted by molar-refractivity contribution is 7.92. The lowest BCUT2D eigenvalue weighted by atomic mass is 10.1. The number of benzene rings is 1. The van der Waals surface area contributed by atoms with Gasteiger partial charge < -0.3 is 10.1 Å². The number of ether oxygens (including phenoxy) is 1. The number of nitrogens with zero attached hydrogens (tertiary/aromatic N) is 6. The highest BCUT2D eigenvalue weighted by Crippen LogP contribution is 2.45. The summed E-state index contributed by atoms with van der Waals surface area (Å²) in [6.45, 7) is 6.03. The van der Waals surface area contributed by atoms with Crippen LogP contribution < -0.4 is 15.6 Å². The van der Waals surface area contributed by atoms with E-state index in [2.05, 4.69) is 22.2 Å². The molecule has 2 atom stereocenters. The number of hydrogen-bond donors (Lipinski definition) is 2. The molecule has 6 rings (SSSR count). The molecule has 3 aromatic heterocycles. The van der Waals surface area contributed by atoms with Crippen LogP contribution in [0.2, 0.25) is 0 Å². The van der Waals surface area contributed by atoms with Gasteiger partial charge in [0, 0.05) is 29.2 Å². The summed E-state index contributed by atoms with van der Waals surface area (Å²) >= 11 is 0. The molecular formula is C29H34N8O3S. The molecule has 12 heteroatoms. The van der Waals surface area contributed by atoms with Gasteiger partial charge in [0.15, 0.2) is 17.3 Å². The Morgan fingerprint density at radius 3 is 2.49 bits per heavy atom. The fraction of sp³-hybridized carbons (Fsp3) is 0.448. The van der Waals surface area contributed by atoms with Crippen molar-refractivity contribution in [3.63, 3.8) is 0 Å². The third-order valence-electron chi connectivity index (χ3n) is 8.02. The Labute approximate surface area is 238 Å². The Morgan fingerprint density at radius 1 is 1.12 bits per heavy atom. The summed E-state index contributed by atoms with van der Waals surface area (Å²) in [6, 6.07) is 7.02. The number of methoxy groups -OCH3 is 1. The van der Waals surface area contributed by atoms with E-state index < -0.39 is 9.73 Å². The molecular weight excluding hydrogens is 540 g/mol. The average molecular weight is 575 g/mol. The topological polar surface area (TPSA) is 149 Å². The van der Waals surface area contributed by atoms with Crippen LogP contribution in [0.1, 0.15) is 68.4 Å². The fourth-order valence-corrected chi connectivity index (χ4v) is 6.12. The molecule has 11 nitrogen and oxygen atoms in total. The molecule has 2 aliphatic rings. The molecule has 2 N–H and O–H groups in total. The molecule has 214 valence electrons. The molecule has 0 spiro atoms. The van der Waals surface area contributed by atoms with Crippen molar-refractivity contribution in [2.24, 2.45) is 5.92 Å². The number of anilines is 1. The maximum absolute atomic E-state index is 13.9. The summed E-state index contributed by atoms with van der Waals surface area (Å²) in [7, 11) is -1.21. The van der Waals surface area contributed by atoms with Gasteiger partial charge in [-0.3, -0.25) is 9.36 Å². The second-order valence-electron chi connectivity index (χ2n) is 10.9. The number of aromatic nitrogens is 6. The summed E-state index contributed by atoms with van der Waals surface area (Å²) in [4.78, 5) is 37.8. The second-order valence-corrected chi connectivity index (χ2v) is 13.3. The van der Waals surface area contributed by atoms with Gasteiger partial charge in [0.25, 0.3) is 5.56 Å². The number of aryl methyl sites for hydroxylation is 1. The van der Waals surface area contributed by atoms with Crippen LogP contribution in [0.25, 0.3) is 22.6 Å². The normalized spacial score (nSPS) is 17.3. The summed E-state index contributed by atoms with van der Waals surface area (Å²) in [6.07, 6.45) is 5.72. The molecule has 0 aliphatic heterocycles. The highest BCUT2D eigenvalue weighted by atomic mass is 32.2. The van der Waals surface area contributed by atoms with E-state index >= 15 is 0 Å². The van der Waals surface area contributed by atoms with Crippen molar-refractivity contribution < 1.29 is 8.95 Å². The van der Waals surface area contributed by atoms with Crippen molar-refractivity contribution in [3.05, 3.63) is 57.9 Å². The van der Waals surface area contributed by atoms with Gasteiger partial charge in [0.2, 0.25) is 5.88 Å². The minimum atomic E-state index is -2.78. The third-order valence-corrected chi connectivity index (χ3v) is 9.86. The lowest BCUT2D eigenvalue weighted by Gasteiger charge is -2.20. The molecule has 2 aliphatic carbocycles. The van der Waals surface area contributed by atoms with E-state index in [1.807, 2.05) is 19.1 Å². The quantitative estimate of drug-likeness (QED) is 0.271. The Kier molecular flexibility index (Phi) is 6.96. The van der Waals surface area contributed by atoms with Crippen LogP contribution in [-0.4, -0.2) is 46.6 Å². The molecule has 3 heterocycles. The van der Waals surface area contributed by atoms with E-state index in [1.54, 1.807) is 30.7 Å². The Bertz CT molecular complexity index is 1800. The van der Waals surface area contributed by atoms with Crippen LogP contribution in [0.5, 0.6) is 5.88 Å². The molecule has 0 amide bonds. The molecule has 4 aromatic rings. The number of nitrogens with one attached hydrogen (secondary N) is 2. The Balaban J connectivity index is 1.43. The number of hydrogen-bond acceptors (Lipinski definition) is 10. The van der Waals surface area contributed by atoms with Gasteiger partial charge in [0.1, 0.15) is 17.4 Å². The summed E-state index contributed by atoms with van der Waals surface area (Å²) in [5.74, 6) is 2.06. The third kappa shape index (κ3) is 5.16. The first kappa shape index (κ1) is 27.3. The molecule has 1 aromatic carbocycles. The predicted octanol–water partition coefficient (Wildman–Crippen LogP) is 4.85. The summed E-state index contributed by atoms with van der Waals surface area (Å²) in [5, 5.41) is 3.21. The van der Waals surface area contributed by atoms with Crippen molar-refractivity contribution in [3.8, 4) is 17.3 Å². The molecule has 2 fully saturated rings. The SMILES string of the molecule is CCS(=N)(=O)c1ccc(CNc2nc3c(C)nc(-c4c(OC)ncnc4C4CC4)nc3n([C@@H](C)C3CC3)c2=O)cc1. The zero-order valence-electron chi connectivity index (χ0n) is 23.7. The Morgan fingerprint density at radius 2 is 1.85 bits per heavy atom. The first-order chi connectivity index (χ1) is 19.7. The second kappa shape index (κ2) is 10.5. The number of fused-ring (bicyclic) bond motifs is 1. The lowest BCUT2D eigenvalue weighted by Crippen LogP contribution is -2.29. The van der Waals surface area contributed by atoms with Gasteiger partial charge in [-0.05, 0) is 63.1 Å². The van der Waals surface area contributed by atoms with Crippen molar-refractivity contribution in [2.45, 2.75) is 69.9 Å². The molecule has 0 bridgehead atoms. The average Bonchev–Trinajstić information content (AvgIpc) is 3.89. The van der Waals surface area contributed by atoms with Crippen molar-refractivity contribution in [1.29, 1.82) is 4.78 Å². The Hall–Kier alpha value is -3.93. The van der Waals surface area contributed by atoms with Crippen molar-refractivity contribution in [2.75, 3.05) is 18.2 Å². The van der Waals surface area contributed by atoms with E-state index in [1.165, 1.54) is 6.33 Å². The lowest BCUT2D eigenvalue weighted by molar-refractivity contribution is 0.397. The minimum absolute atomic E-state index is 0.0638. The van der Waals surface area contributed by atoms with Gasteiger partial charge in [-0.2, -0.15) is 0 Å². The van der Waals surface area contributed by atoms with Gasteiger partial charge in [-0.15, -0.1) is 0 Å². The van der Waals surface area contributed by atoms with Gasteiger partial charge >= 0.3 is 0 Å². The fourth-order valence-electron chi connectivity index (χ4n) is 5.21. The summed E-state index contributed by atoms with van der Waals surface area (Å²) < 4.78 is 27.7. The molecule has 2 saturated carbocycles. The van der Waals surface area contributed by atoms with Crippen LogP contribution >= 0.6 is 0 Å². The minimum Gasteiger partial charge on any atom is -0.480 e. The predicted molar refractivity (Wildman–Crippen MR) is 157 cm³/mol. The zero-order valence-corrected chi connectivity index (χ0v) is 24.5. The first-order valence-electron chi connectivity index (χ1n) is 14.0. The standard InChI is InChI=1S/C29H34N8O3S/c1-5-41(30,39)21-12-6-18(7-13-21)14-31-26-29(38)37(17(3)19-8-9-19)27-23(35-26)16(2)34-25(36-27)22-24(20-10-11-20)32-15-33-28(22)40-4/h6-7,12-13,15,17,19-20,30H,5,8-11,14H2,1-4H3,(H,31,35)/t17-,41?/m0/s1. The van der Waals surface area contributed by atoms with Crippen LogP contribution in [0.15, 0.2) is 40.3 Å². The van der Waals surface area contributed by atoms with Crippen molar-refractivity contribution in [1.82, 2.24) is 29.5 Å². The zero-order chi connectivity index (χ0) is 28.9. The first-order valence-corrected chi connectivity index (χ1v) is 15.7. The van der Waals surface area contributed by atoms with Gasteiger partial charge in [-0.1, -0.05) is 19.1 Å². The molecule has 41 heavy (non-hydrogen) atoms. The number of rotatable bonds is 10. The maximum atomic E-state index is 13.9. The van der Waals surface area contributed by atoms with E-state index in [-0.39, 0.29) is 23.2 Å². The van der Waals surface area contributed by atoms with E-state index in [0.717, 1.165) is 36.9 Å². The highest BCUT2D eigenvalue weighted by Gasteiger charge is 2.34. The van der Waals surface area contributed by atoms with Crippen LogP contribution in [0.3, 0.4) is 0 Å². The van der Waals surface area contributed by atoms with Crippen LogP contribution in [0, 0.1) is 17.6 Å². The largest absolute Gasteiger partial charge is 0.480 e. The molecule has 1 unspecified atom stereocenters. The van der Waals surface area contributed by atoms with Crippen LogP contribution in [0.4, 0.5) is 5.82 Å². The van der Waals surface area contributed by atoms with E-state index in [4.69, 9.17) is 24.5 Å². The maximum Gasteiger partial charge on any atom is 0.295 e. The summed E-state index contributed by atoms with van der Waals surface area (Å²) in [5.41, 5.74) is 3.88. The van der Waals surface area contributed by atoms with E-state index in [9.17, 15) is 9.00 Å². The van der Waals surface area contributed by atoms with Gasteiger partial charge in [-0.25, -0.2) is 33.9 Å².